The minimum Gasteiger partial charge on any atom is -0.373 e. The van der Waals surface area contributed by atoms with Gasteiger partial charge in [-0.05, 0) is 29.6 Å². The fourth-order valence-electron chi connectivity index (χ4n) is 3.93. The highest BCUT2D eigenvalue weighted by Crippen LogP contribution is 2.32. The third kappa shape index (κ3) is 4.96. The molecule has 2 aromatic rings. The molecule has 5 nitrogen and oxygen atoms in total. The summed E-state index contributed by atoms with van der Waals surface area (Å²) in [6.45, 7) is 5.19. The van der Waals surface area contributed by atoms with E-state index in [9.17, 15) is 18.0 Å². The van der Waals surface area contributed by atoms with Crippen molar-refractivity contribution in [1.29, 1.82) is 0 Å². The van der Waals surface area contributed by atoms with Gasteiger partial charge in [0, 0.05) is 51.5 Å². The molecule has 0 bridgehead atoms. The maximum Gasteiger partial charge on any atom is 0.416 e. The topological polar surface area (TPSA) is 36.0 Å². The number of hydrogen-bond donors (Lipinski definition) is 0. The number of carbonyl (C=O) groups excluding carboxylic acids is 1. The normalized spacial score (nSPS) is 21.1. The Balaban J connectivity index is 1.29. The first kappa shape index (κ1) is 21.1. The van der Waals surface area contributed by atoms with Crippen molar-refractivity contribution in [2.24, 2.45) is 0 Å². The Kier molecular flexibility index (Phi) is 6.31. The molecule has 0 N–H and O–H groups in total. The molecule has 0 saturated carbocycles. The van der Waals surface area contributed by atoms with Gasteiger partial charge in [0.25, 0.3) is 5.91 Å². The molecule has 3 heterocycles. The number of amides is 1. The van der Waals surface area contributed by atoms with Crippen LogP contribution in [0.5, 0.6) is 0 Å². The van der Waals surface area contributed by atoms with Crippen LogP contribution in [0.25, 0.3) is 0 Å². The van der Waals surface area contributed by atoms with Crippen molar-refractivity contribution in [2.45, 2.75) is 12.3 Å². The number of anilines is 1. The van der Waals surface area contributed by atoms with Crippen molar-refractivity contribution < 1.29 is 22.7 Å². The molecular formula is C21H24F3N3O2S. The van der Waals surface area contributed by atoms with E-state index in [4.69, 9.17) is 4.74 Å². The number of piperazine rings is 1. The van der Waals surface area contributed by atoms with Crippen LogP contribution in [0.4, 0.5) is 18.9 Å². The summed E-state index contributed by atoms with van der Waals surface area (Å²) >= 11 is 1.44. The molecule has 1 aromatic carbocycles. The van der Waals surface area contributed by atoms with Gasteiger partial charge < -0.3 is 14.5 Å². The Morgan fingerprint density at radius 2 is 1.90 bits per heavy atom. The number of carbonyl (C=O) groups is 1. The molecule has 162 valence electrons. The smallest absolute Gasteiger partial charge is 0.373 e. The summed E-state index contributed by atoms with van der Waals surface area (Å²) in [5, 5.41) is 1.90. The first-order chi connectivity index (χ1) is 14.4. The van der Waals surface area contributed by atoms with Gasteiger partial charge in [-0.2, -0.15) is 13.2 Å². The first-order valence-electron chi connectivity index (χ1n) is 9.99. The van der Waals surface area contributed by atoms with Crippen molar-refractivity contribution in [3.8, 4) is 0 Å². The first-order valence-corrected chi connectivity index (χ1v) is 10.9. The zero-order valence-electron chi connectivity index (χ0n) is 16.5. The number of nitrogens with zero attached hydrogens (tertiary/aromatic N) is 3. The molecule has 9 heteroatoms. The molecule has 1 amide bonds. The number of rotatable bonds is 4. The standard InChI is InChI=1S/C21H24F3N3O2S/c22-21(23,24)16-3-1-4-17(13-16)26-8-6-25(7-9-26)14-18-15-27(10-11-29-18)20(28)19-5-2-12-30-19/h1-5,12-13,18H,6-11,14-15H2. The predicted molar refractivity (Wildman–Crippen MR) is 110 cm³/mol. The fraction of sp³-hybridized carbons (Fsp3) is 0.476. The number of benzene rings is 1. The van der Waals surface area contributed by atoms with Crippen molar-refractivity contribution in [2.75, 3.05) is 57.3 Å². The maximum atomic E-state index is 13.0. The Morgan fingerprint density at radius 1 is 1.10 bits per heavy atom. The molecule has 2 aliphatic rings. The second-order valence-corrected chi connectivity index (χ2v) is 8.50. The van der Waals surface area contributed by atoms with E-state index in [1.165, 1.54) is 23.5 Å². The van der Waals surface area contributed by atoms with Crippen LogP contribution in [-0.4, -0.2) is 74.2 Å². The monoisotopic (exact) mass is 439 g/mol. The molecule has 1 unspecified atom stereocenters. The number of halogens is 3. The van der Waals surface area contributed by atoms with Crippen LogP contribution in [0.15, 0.2) is 41.8 Å². The van der Waals surface area contributed by atoms with E-state index in [1.54, 1.807) is 6.07 Å². The van der Waals surface area contributed by atoms with Gasteiger partial charge in [-0.25, -0.2) is 0 Å². The van der Waals surface area contributed by atoms with E-state index in [2.05, 4.69) is 4.90 Å². The van der Waals surface area contributed by atoms with Gasteiger partial charge in [0.15, 0.2) is 0 Å². The molecule has 30 heavy (non-hydrogen) atoms. The van der Waals surface area contributed by atoms with Gasteiger partial charge in [-0.3, -0.25) is 9.69 Å². The maximum absolute atomic E-state index is 13.0. The number of ether oxygens (including phenoxy) is 1. The van der Waals surface area contributed by atoms with Gasteiger partial charge in [0.2, 0.25) is 0 Å². The van der Waals surface area contributed by atoms with Gasteiger partial charge in [0.05, 0.1) is 23.2 Å². The highest BCUT2D eigenvalue weighted by molar-refractivity contribution is 7.12. The molecule has 2 saturated heterocycles. The molecule has 0 spiro atoms. The van der Waals surface area contributed by atoms with E-state index in [0.717, 1.165) is 24.0 Å². The Bertz CT molecular complexity index is 851. The lowest BCUT2D eigenvalue weighted by Gasteiger charge is -2.40. The zero-order chi connectivity index (χ0) is 21.1. The van der Waals surface area contributed by atoms with Crippen LogP contribution in [0.2, 0.25) is 0 Å². The zero-order valence-corrected chi connectivity index (χ0v) is 17.3. The predicted octanol–water partition coefficient (Wildman–Crippen LogP) is 3.43. The van der Waals surface area contributed by atoms with Crippen molar-refractivity contribution in [3.05, 3.63) is 52.2 Å². The van der Waals surface area contributed by atoms with Crippen LogP contribution in [-0.2, 0) is 10.9 Å². The van der Waals surface area contributed by atoms with Gasteiger partial charge in [-0.15, -0.1) is 11.3 Å². The van der Waals surface area contributed by atoms with Crippen molar-refractivity contribution in [3.63, 3.8) is 0 Å². The number of hydrogen-bond acceptors (Lipinski definition) is 5. The highest BCUT2D eigenvalue weighted by Gasteiger charge is 2.32. The van der Waals surface area contributed by atoms with Crippen LogP contribution in [0, 0.1) is 0 Å². The van der Waals surface area contributed by atoms with Crippen molar-refractivity contribution >= 4 is 22.9 Å². The average molecular weight is 440 g/mol. The Morgan fingerprint density at radius 3 is 2.60 bits per heavy atom. The number of thiophene rings is 1. The largest absolute Gasteiger partial charge is 0.416 e. The van der Waals surface area contributed by atoms with E-state index in [0.29, 0.717) is 45.0 Å². The molecule has 0 radical (unpaired) electrons. The highest BCUT2D eigenvalue weighted by atomic mass is 32.1. The second-order valence-electron chi connectivity index (χ2n) is 7.56. The Labute approximate surface area is 177 Å². The van der Waals surface area contributed by atoms with E-state index < -0.39 is 11.7 Å². The summed E-state index contributed by atoms with van der Waals surface area (Å²) in [4.78, 5) is 19.4. The van der Waals surface area contributed by atoms with Crippen LogP contribution in [0.1, 0.15) is 15.2 Å². The summed E-state index contributed by atoms with van der Waals surface area (Å²) in [6.07, 6.45) is -4.38. The third-order valence-corrected chi connectivity index (χ3v) is 6.39. The number of alkyl halides is 3. The molecular weight excluding hydrogens is 415 g/mol. The lowest BCUT2D eigenvalue weighted by atomic mass is 10.1. The quantitative estimate of drug-likeness (QED) is 0.732. The molecule has 1 atom stereocenters. The minimum atomic E-state index is -4.33. The minimum absolute atomic E-state index is 0.0488. The Hall–Kier alpha value is -2.10. The average Bonchev–Trinajstić information content (AvgIpc) is 3.28. The van der Waals surface area contributed by atoms with E-state index in [1.807, 2.05) is 27.3 Å². The second kappa shape index (κ2) is 8.95. The van der Waals surface area contributed by atoms with E-state index in [-0.39, 0.29) is 12.0 Å². The SMILES string of the molecule is O=C(c1cccs1)N1CCOC(CN2CCN(c3cccc(C(F)(F)F)c3)CC2)C1. The van der Waals surface area contributed by atoms with Gasteiger partial charge in [0.1, 0.15) is 0 Å². The molecule has 0 aliphatic carbocycles. The lowest BCUT2D eigenvalue weighted by Crippen LogP contribution is -2.53. The van der Waals surface area contributed by atoms with Crippen molar-refractivity contribution in [1.82, 2.24) is 9.80 Å². The summed E-state index contributed by atoms with van der Waals surface area (Å²) in [5.74, 6) is 0.0488. The van der Waals surface area contributed by atoms with Crippen LogP contribution < -0.4 is 4.90 Å². The fourth-order valence-corrected chi connectivity index (χ4v) is 4.62. The van der Waals surface area contributed by atoms with Crippen LogP contribution in [0.3, 0.4) is 0 Å². The third-order valence-electron chi connectivity index (χ3n) is 5.53. The summed E-state index contributed by atoms with van der Waals surface area (Å²) in [7, 11) is 0. The van der Waals surface area contributed by atoms with Gasteiger partial charge >= 0.3 is 6.18 Å². The van der Waals surface area contributed by atoms with Crippen LogP contribution >= 0.6 is 11.3 Å². The summed E-state index contributed by atoms with van der Waals surface area (Å²) < 4.78 is 44.8. The lowest BCUT2D eigenvalue weighted by molar-refractivity contribution is -0.137. The molecule has 4 rings (SSSR count). The van der Waals surface area contributed by atoms with Gasteiger partial charge in [-0.1, -0.05) is 12.1 Å². The molecule has 2 aliphatic heterocycles. The molecule has 1 aromatic heterocycles. The summed E-state index contributed by atoms with van der Waals surface area (Å²) in [6, 6.07) is 9.21. The summed E-state index contributed by atoms with van der Waals surface area (Å²) in [5.41, 5.74) is -0.0142. The number of morpholine rings is 1. The molecule has 2 fully saturated rings. The van der Waals surface area contributed by atoms with E-state index >= 15 is 0 Å².